The summed E-state index contributed by atoms with van der Waals surface area (Å²) in [5, 5.41) is 4.46. The third-order valence-electron chi connectivity index (χ3n) is 11.7. The Hall–Kier alpha value is -7.63. The fourth-order valence-corrected chi connectivity index (χ4v) is 8.54. The van der Waals surface area contributed by atoms with Crippen LogP contribution in [0.4, 0.5) is 0 Å². The van der Waals surface area contributed by atoms with Gasteiger partial charge in [0.05, 0.1) is 11.0 Å². The van der Waals surface area contributed by atoms with Crippen LogP contribution in [-0.2, 0) is 6.42 Å². The SMILES string of the molecule is CCCCc1cccc(-c2ccc(-c3nc(-c4ccccc4)nc(-n4c5ccccc5c5cc(-c6ccc7oc8ccc(-c9ccccc9)cc8c7c6)ccc54)n3)cc2)c1. The van der Waals surface area contributed by atoms with Crippen LogP contribution in [0, 0.1) is 0 Å². The molecule has 5 nitrogen and oxygen atoms in total. The minimum atomic E-state index is 0.575. The second kappa shape index (κ2) is 14.9. The van der Waals surface area contributed by atoms with Crippen LogP contribution in [0.1, 0.15) is 25.3 Å². The summed E-state index contributed by atoms with van der Waals surface area (Å²) in [4.78, 5) is 15.5. The van der Waals surface area contributed by atoms with Gasteiger partial charge in [-0.1, -0.05) is 159 Å². The van der Waals surface area contributed by atoms with E-state index in [0.717, 1.165) is 72.4 Å². The van der Waals surface area contributed by atoms with Crippen molar-refractivity contribution in [3.8, 4) is 62.1 Å². The average Bonchev–Trinajstić information content (AvgIpc) is 3.86. The Morgan fingerprint density at radius 1 is 0.400 bits per heavy atom. The molecule has 60 heavy (non-hydrogen) atoms. The van der Waals surface area contributed by atoms with Crippen LogP contribution in [0.15, 0.2) is 192 Å². The minimum Gasteiger partial charge on any atom is -0.456 e. The summed E-state index contributed by atoms with van der Waals surface area (Å²) in [5.41, 5.74) is 14.0. The fraction of sp³-hybridized carbons (Fsp3) is 0.0727. The zero-order chi connectivity index (χ0) is 40.0. The van der Waals surface area contributed by atoms with E-state index < -0.39 is 0 Å². The molecule has 3 heterocycles. The Kier molecular flexibility index (Phi) is 8.85. The van der Waals surface area contributed by atoms with Gasteiger partial charge in [-0.3, -0.25) is 4.57 Å². The first-order valence-electron chi connectivity index (χ1n) is 20.7. The van der Waals surface area contributed by atoms with E-state index in [1.165, 1.54) is 40.7 Å². The lowest BCUT2D eigenvalue weighted by molar-refractivity contribution is 0.669. The van der Waals surface area contributed by atoms with Gasteiger partial charge in [0.1, 0.15) is 11.2 Å². The van der Waals surface area contributed by atoms with Gasteiger partial charge in [0.25, 0.3) is 0 Å². The summed E-state index contributed by atoms with van der Waals surface area (Å²) in [6.07, 6.45) is 3.47. The van der Waals surface area contributed by atoms with Crippen LogP contribution < -0.4 is 0 Å². The van der Waals surface area contributed by atoms with Crippen molar-refractivity contribution in [3.63, 3.8) is 0 Å². The third kappa shape index (κ3) is 6.41. The highest BCUT2D eigenvalue weighted by molar-refractivity contribution is 6.11. The van der Waals surface area contributed by atoms with E-state index in [4.69, 9.17) is 19.4 Å². The molecule has 0 aliphatic carbocycles. The Balaban J connectivity index is 1.02. The van der Waals surface area contributed by atoms with Crippen molar-refractivity contribution >= 4 is 43.7 Å². The summed E-state index contributed by atoms with van der Waals surface area (Å²) >= 11 is 0. The molecule has 0 bridgehead atoms. The predicted octanol–water partition coefficient (Wildman–Crippen LogP) is 14.5. The topological polar surface area (TPSA) is 56.7 Å². The lowest BCUT2D eigenvalue weighted by atomic mass is 9.99. The van der Waals surface area contributed by atoms with E-state index in [9.17, 15) is 0 Å². The van der Waals surface area contributed by atoms with Crippen molar-refractivity contribution in [2.24, 2.45) is 0 Å². The summed E-state index contributed by atoms with van der Waals surface area (Å²) in [7, 11) is 0. The van der Waals surface area contributed by atoms with E-state index in [-0.39, 0.29) is 0 Å². The molecule has 0 radical (unpaired) electrons. The monoisotopic (exact) mass is 772 g/mol. The van der Waals surface area contributed by atoms with Gasteiger partial charge in [0.15, 0.2) is 11.6 Å². The van der Waals surface area contributed by atoms with Gasteiger partial charge in [-0.2, -0.15) is 9.97 Å². The zero-order valence-corrected chi connectivity index (χ0v) is 33.2. The van der Waals surface area contributed by atoms with Crippen molar-refractivity contribution in [2.45, 2.75) is 26.2 Å². The maximum Gasteiger partial charge on any atom is 0.238 e. The number of nitrogens with zero attached hydrogens (tertiary/aromatic N) is 4. The van der Waals surface area contributed by atoms with E-state index in [1.807, 2.05) is 24.3 Å². The molecule has 286 valence electrons. The number of hydrogen-bond donors (Lipinski definition) is 0. The van der Waals surface area contributed by atoms with Gasteiger partial charge in [-0.15, -0.1) is 0 Å². The molecule has 0 atom stereocenters. The largest absolute Gasteiger partial charge is 0.456 e. The predicted molar refractivity (Wildman–Crippen MR) is 247 cm³/mol. The third-order valence-corrected chi connectivity index (χ3v) is 11.7. The number of rotatable bonds is 9. The molecule has 0 aliphatic heterocycles. The average molecular weight is 773 g/mol. The summed E-state index contributed by atoms with van der Waals surface area (Å²) in [6.45, 7) is 2.24. The summed E-state index contributed by atoms with van der Waals surface area (Å²) in [6, 6.07) is 66.3. The van der Waals surface area contributed by atoms with Gasteiger partial charge < -0.3 is 4.42 Å². The van der Waals surface area contributed by atoms with Crippen molar-refractivity contribution in [1.29, 1.82) is 0 Å². The fourth-order valence-electron chi connectivity index (χ4n) is 8.54. The van der Waals surface area contributed by atoms with Crippen LogP contribution in [0.25, 0.3) is 106 Å². The van der Waals surface area contributed by atoms with Crippen molar-refractivity contribution < 1.29 is 4.42 Å². The second-order valence-corrected chi connectivity index (χ2v) is 15.5. The first-order chi connectivity index (χ1) is 29.7. The number of aryl methyl sites for hydroxylation is 1. The molecular formula is C55H40N4O. The molecule has 5 heteroatoms. The molecule has 11 rings (SSSR count). The van der Waals surface area contributed by atoms with Crippen molar-refractivity contribution in [3.05, 3.63) is 194 Å². The summed E-state index contributed by atoms with van der Waals surface area (Å²) in [5.74, 6) is 1.83. The van der Waals surface area contributed by atoms with Gasteiger partial charge >= 0.3 is 0 Å². The quantitative estimate of drug-likeness (QED) is 0.147. The molecule has 0 saturated heterocycles. The van der Waals surface area contributed by atoms with Crippen LogP contribution in [0.3, 0.4) is 0 Å². The first-order valence-corrected chi connectivity index (χ1v) is 20.7. The van der Waals surface area contributed by atoms with Gasteiger partial charge in [-0.05, 0) is 94.3 Å². The first kappa shape index (κ1) is 35.5. The maximum atomic E-state index is 6.32. The molecule has 0 aliphatic rings. The molecule has 0 spiro atoms. The number of benzene rings is 8. The van der Waals surface area contributed by atoms with Crippen molar-refractivity contribution in [1.82, 2.24) is 19.5 Å². The number of furan rings is 1. The standard InChI is InChI=1S/C55H40N4O/c1-2-3-13-36-14-12-19-41(32-36)38-22-24-40(25-23-38)54-56-53(39-17-8-5-9-18-39)57-55(58-54)59-49-21-11-10-20-45(49)46-33-43(26-29-50(46)59)44-28-31-52-48(35-44)47-34-42(27-30-51(47)60-52)37-15-6-4-7-16-37/h4-12,14-35H,2-3,13H2,1H3. The highest BCUT2D eigenvalue weighted by Gasteiger charge is 2.19. The molecule has 8 aromatic carbocycles. The van der Waals surface area contributed by atoms with E-state index >= 15 is 0 Å². The highest BCUT2D eigenvalue weighted by Crippen LogP contribution is 2.38. The maximum absolute atomic E-state index is 6.32. The van der Waals surface area contributed by atoms with Crippen LogP contribution >= 0.6 is 0 Å². The normalized spacial score (nSPS) is 11.6. The minimum absolute atomic E-state index is 0.575. The molecule has 0 amide bonds. The molecule has 0 N–H and O–H groups in total. The number of aromatic nitrogens is 4. The van der Waals surface area contributed by atoms with Gasteiger partial charge in [0.2, 0.25) is 5.95 Å². The lowest BCUT2D eigenvalue weighted by Gasteiger charge is -2.11. The molecule has 11 aromatic rings. The molecule has 0 fully saturated rings. The van der Waals surface area contributed by atoms with Crippen LogP contribution in [0.2, 0.25) is 0 Å². The van der Waals surface area contributed by atoms with Crippen LogP contribution in [0.5, 0.6) is 0 Å². The second-order valence-electron chi connectivity index (χ2n) is 15.5. The zero-order valence-electron chi connectivity index (χ0n) is 33.2. The smallest absolute Gasteiger partial charge is 0.238 e. The van der Waals surface area contributed by atoms with Crippen molar-refractivity contribution in [2.75, 3.05) is 0 Å². The number of fused-ring (bicyclic) bond motifs is 6. The Labute approximate surface area is 348 Å². The molecule has 0 unspecified atom stereocenters. The van der Waals surface area contributed by atoms with E-state index in [2.05, 4.69) is 175 Å². The molecule has 0 saturated carbocycles. The Morgan fingerprint density at radius 2 is 0.900 bits per heavy atom. The van der Waals surface area contributed by atoms with E-state index in [0.29, 0.717) is 17.6 Å². The molecule has 3 aromatic heterocycles. The van der Waals surface area contributed by atoms with E-state index in [1.54, 1.807) is 0 Å². The number of unbranched alkanes of at least 4 members (excludes halogenated alkanes) is 1. The Morgan fingerprint density at radius 3 is 1.60 bits per heavy atom. The molecular weight excluding hydrogens is 733 g/mol. The number of hydrogen-bond acceptors (Lipinski definition) is 4. The van der Waals surface area contributed by atoms with Crippen LogP contribution in [-0.4, -0.2) is 19.5 Å². The summed E-state index contributed by atoms with van der Waals surface area (Å²) < 4.78 is 8.50. The van der Waals surface area contributed by atoms with Gasteiger partial charge in [-0.25, -0.2) is 4.98 Å². The Bertz CT molecular complexity index is 3350. The highest BCUT2D eigenvalue weighted by atomic mass is 16.3. The number of para-hydroxylation sites is 1. The van der Waals surface area contributed by atoms with Gasteiger partial charge in [0, 0.05) is 32.7 Å². The lowest BCUT2D eigenvalue weighted by Crippen LogP contribution is -2.06.